The average Bonchev–Trinajstić information content (AvgIpc) is 3.22. The second-order valence-corrected chi connectivity index (χ2v) is 7.90. The van der Waals surface area contributed by atoms with Crippen LogP contribution in [0.1, 0.15) is 54.4 Å². The second-order valence-electron chi connectivity index (χ2n) is 7.90. The van der Waals surface area contributed by atoms with E-state index in [4.69, 9.17) is 5.26 Å². The molecule has 1 aromatic heterocycles. The Bertz CT molecular complexity index is 1050. The summed E-state index contributed by atoms with van der Waals surface area (Å²) < 4.78 is 0. The number of aromatic nitrogens is 2. The molecule has 2 atom stereocenters. The molecule has 6 nitrogen and oxygen atoms in total. The Balaban J connectivity index is 1.44. The van der Waals surface area contributed by atoms with Crippen molar-refractivity contribution < 1.29 is 4.79 Å². The summed E-state index contributed by atoms with van der Waals surface area (Å²) >= 11 is 0. The lowest BCUT2D eigenvalue weighted by Crippen LogP contribution is -2.47. The molecule has 1 heterocycles. The van der Waals surface area contributed by atoms with Crippen molar-refractivity contribution >= 4 is 16.9 Å². The summed E-state index contributed by atoms with van der Waals surface area (Å²) in [6.45, 7) is 3.52. The van der Waals surface area contributed by atoms with Gasteiger partial charge in [0.2, 0.25) is 0 Å². The summed E-state index contributed by atoms with van der Waals surface area (Å²) in [6.07, 6.45) is 4.20. The van der Waals surface area contributed by atoms with Crippen LogP contribution in [0, 0.1) is 11.3 Å². The van der Waals surface area contributed by atoms with E-state index in [1.54, 1.807) is 18.2 Å². The van der Waals surface area contributed by atoms with Gasteiger partial charge in [-0.15, -0.1) is 0 Å². The molecule has 0 unspecified atom stereocenters. The number of carbonyl (C=O) groups is 1. The van der Waals surface area contributed by atoms with Gasteiger partial charge in [-0.3, -0.25) is 4.79 Å². The molecular weight excluding hydrogens is 374 g/mol. The molecule has 154 valence electrons. The lowest BCUT2D eigenvalue weighted by molar-refractivity contribution is 0.0617. The fourth-order valence-electron chi connectivity index (χ4n) is 4.37. The minimum absolute atomic E-state index is 0.0686. The first-order valence-corrected chi connectivity index (χ1v) is 10.7. The molecule has 6 heteroatoms. The van der Waals surface area contributed by atoms with Crippen LogP contribution < -0.4 is 5.32 Å². The zero-order chi connectivity index (χ0) is 20.9. The largest absolute Gasteiger partial charge is 0.334 e. The zero-order valence-electron chi connectivity index (χ0n) is 17.3. The van der Waals surface area contributed by atoms with Gasteiger partial charge in [-0.25, -0.2) is 4.98 Å². The Kier molecular flexibility index (Phi) is 6.10. The molecule has 1 aliphatic carbocycles. The zero-order valence-corrected chi connectivity index (χ0v) is 17.3. The Labute approximate surface area is 176 Å². The van der Waals surface area contributed by atoms with Crippen LogP contribution in [0.5, 0.6) is 0 Å². The van der Waals surface area contributed by atoms with E-state index in [0.29, 0.717) is 29.5 Å². The lowest BCUT2D eigenvalue weighted by Gasteiger charge is -2.37. The molecule has 1 aliphatic rings. The molecule has 1 amide bonds. The molecule has 2 N–H and O–H groups in total. The maximum absolute atomic E-state index is 13.2. The standard InChI is InChI=1S/C24H27N5O/c1-2-29(24(30)23-27-21-12-11-18(15-25)13-22(21)28-23)20-10-6-9-19(14-20)26-16-17-7-4-3-5-8-17/h3-5,7-8,11-13,19-20,26H,2,6,9-10,14,16H2,1H3,(H,27,28)/t19-,20+/m1/s1. The van der Waals surface area contributed by atoms with E-state index in [1.165, 1.54) is 5.56 Å². The smallest absolute Gasteiger partial charge is 0.289 e. The van der Waals surface area contributed by atoms with Crippen LogP contribution >= 0.6 is 0 Å². The number of nitrogens with one attached hydrogen (secondary N) is 2. The molecule has 1 fully saturated rings. The number of nitriles is 1. The second kappa shape index (κ2) is 9.10. The number of H-pyrrole nitrogens is 1. The Hall–Kier alpha value is -3.17. The van der Waals surface area contributed by atoms with E-state index in [1.807, 2.05) is 17.9 Å². The first-order chi connectivity index (χ1) is 14.7. The van der Waals surface area contributed by atoms with E-state index >= 15 is 0 Å². The normalized spacial score (nSPS) is 18.8. The fourth-order valence-corrected chi connectivity index (χ4v) is 4.37. The topological polar surface area (TPSA) is 84.8 Å². The third-order valence-corrected chi connectivity index (χ3v) is 5.94. The summed E-state index contributed by atoms with van der Waals surface area (Å²) in [6, 6.07) is 18.4. The van der Waals surface area contributed by atoms with Gasteiger partial charge >= 0.3 is 0 Å². The van der Waals surface area contributed by atoms with Gasteiger partial charge in [-0.2, -0.15) is 5.26 Å². The maximum atomic E-state index is 13.2. The number of rotatable bonds is 6. The quantitative estimate of drug-likeness (QED) is 0.654. The number of carbonyl (C=O) groups excluding carboxylic acids is 1. The summed E-state index contributed by atoms with van der Waals surface area (Å²) in [5.41, 5.74) is 3.26. The van der Waals surface area contributed by atoms with Crippen LogP contribution in [0.3, 0.4) is 0 Å². The summed E-state index contributed by atoms with van der Waals surface area (Å²) in [4.78, 5) is 22.8. The SMILES string of the molecule is CCN(C(=O)c1nc2ccc(C#N)cc2[nH]1)[C@H]1CCC[C@@H](NCc2ccccc2)C1. The van der Waals surface area contributed by atoms with Crippen LogP contribution in [0.4, 0.5) is 0 Å². The van der Waals surface area contributed by atoms with Crippen LogP contribution in [0.2, 0.25) is 0 Å². The van der Waals surface area contributed by atoms with Crippen molar-refractivity contribution in [1.82, 2.24) is 20.2 Å². The molecule has 0 radical (unpaired) electrons. The Morgan fingerprint density at radius 1 is 1.27 bits per heavy atom. The van der Waals surface area contributed by atoms with E-state index in [0.717, 1.165) is 37.7 Å². The van der Waals surface area contributed by atoms with Crippen molar-refractivity contribution in [2.24, 2.45) is 0 Å². The number of benzene rings is 2. The number of hydrogen-bond acceptors (Lipinski definition) is 4. The lowest BCUT2D eigenvalue weighted by atomic mass is 9.89. The number of fused-ring (bicyclic) bond motifs is 1. The van der Waals surface area contributed by atoms with Gasteiger partial charge in [0.1, 0.15) is 0 Å². The monoisotopic (exact) mass is 401 g/mol. The average molecular weight is 402 g/mol. The van der Waals surface area contributed by atoms with Gasteiger partial charge in [0, 0.05) is 25.2 Å². The molecular formula is C24H27N5O. The number of imidazole rings is 1. The van der Waals surface area contributed by atoms with Crippen LogP contribution in [0.25, 0.3) is 11.0 Å². The first-order valence-electron chi connectivity index (χ1n) is 10.7. The van der Waals surface area contributed by atoms with Crippen molar-refractivity contribution in [1.29, 1.82) is 5.26 Å². The fraction of sp³-hybridized carbons (Fsp3) is 0.375. The molecule has 0 bridgehead atoms. The molecule has 1 saturated carbocycles. The summed E-state index contributed by atoms with van der Waals surface area (Å²) in [7, 11) is 0. The van der Waals surface area contributed by atoms with E-state index < -0.39 is 0 Å². The van der Waals surface area contributed by atoms with Gasteiger partial charge in [0.05, 0.1) is 22.7 Å². The molecule has 4 rings (SSSR count). The maximum Gasteiger partial charge on any atom is 0.289 e. The third-order valence-electron chi connectivity index (χ3n) is 5.94. The highest BCUT2D eigenvalue weighted by Crippen LogP contribution is 2.25. The highest BCUT2D eigenvalue weighted by molar-refractivity contribution is 5.94. The third kappa shape index (κ3) is 4.37. The van der Waals surface area contributed by atoms with Gasteiger partial charge in [-0.05, 0) is 56.4 Å². The van der Waals surface area contributed by atoms with Crippen LogP contribution in [-0.4, -0.2) is 39.4 Å². The minimum Gasteiger partial charge on any atom is -0.334 e. The summed E-state index contributed by atoms with van der Waals surface area (Å²) in [5, 5.41) is 12.8. The van der Waals surface area contributed by atoms with Gasteiger partial charge in [-0.1, -0.05) is 30.3 Å². The summed E-state index contributed by atoms with van der Waals surface area (Å²) in [5.74, 6) is 0.280. The Morgan fingerprint density at radius 3 is 2.87 bits per heavy atom. The van der Waals surface area contributed by atoms with Gasteiger partial charge < -0.3 is 15.2 Å². The Morgan fingerprint density at radius 2 is 2.10 bits per heavy atom. The number of hydrogen-bond donors (Lipinski definition) is 2. The van der Waals surface area contributed by atoms with E-state index in [9.17, 15) is 4.79 Å². The van der Waals surface area contributed by atoms with E-state index in [2.05, 4.69) is 45.6 Å². The first kappa shape index (κ1) is 20.1. The van der Waals surface area contributed by atoms with Gasteiger partial charge in [0.25, 0.3) is 5.91 Å². The molecule has 30 heavy (non-hydrogen) atoms. The molecule has 0 aliphatic heterocycles. The minimum atomic E-state index is -0.0686. The van der Waals surface area contributed by atoms with E-state index in [-0.39, 0.29) is 11.9 Å². The number of nitrogens with zero attached hydrogens (tertiary/aromatic N) is 3. The van der Waals surface area contributed by atoms with Crippen LogP contribution in [-0.2, 0) is 6.54 Å². The van der Waals surface area contributed by atoms with Crippen LogP contribution in [0.15, 0.2) is 48.5 Å². The molecule has 2 aromatic carbocycles. The van der Waals surface area contributed by atoms with Crippen molar-refractivity contribution in [3.63, 3.8) is 0 Å². The van der Waals surface area contributed by atoms with Crippen molar-refractivity contribution in [2.75, 3.05) is 6.54 Å². The molecule has 3 aromatic rings. The van der Waals surface area contributed by atoms with Crippen molar-refractivity contribution in [3.8, 4) is 6.07 Å². The highest BCUT2D eigenvalue weighted by Gasteiger charge is 2.30. The number of aromatic amines is 1. The highest BCUT2D eigenvalue weighted by atomic mass is 16.2. The molecule has 0 spiro atoms. The predicted octanol–water partition coefficient (Wildman–Crippen LogP) is 4.00. The predicted molar refractivity (Wildman–Crippen MR) is 117 cm³/mol. The molecule has 0 saturated heterocycles. The van der Waals surface area contributed by atoms with Crippen molar-refractivity contribution in [2.45, 2.75) is 51.2 Å². The van der Waals surface area contributed by atoms with Crippen molar-refractivity contribution in [3.05, 3.63) is 65.5 Å². The van der Waals surface area contributed by atoms with Gasteiger partial charge in [0.15, 0.2) is 5.82 Å². The number of amides is 1.